The van der Waals surface area contributed by atoms with Gasteiger partial charge in [-0.2, -0.15) is 0 Å². The Labute approximate surface area is 128 Å². The number of hydrogen-bond donors (Lipinski definition) is 1. The Hall–Kier alpha value is 0.766. The molecular formula is C9H14KNO2S. The molecule has 0 atom stereocenters. The number of benzene rings is 1. The first-order chi connectivity index (χ1) is 5.93. The molecule has 74 valence electrons. The van der Waals surface area contributed by atoms with Crippen molar-refractivity contribution in [1.29, 1.82) is 0 Å². The average Bonchev–Trinajstić information content (AvgIpc) is 2.03. The van der Waals surface area contributed by atoms with Crippen LogP contribution in [-0.2, 0) is 10.0 Å². The van der Waals surface area contributed by atoms with Gasteiger partial charge in [0.15, 0.2) is 0 Å². The average molecular weight is 239 g/mol. The normalized spacial score (nSPS) is 11.1. The SMILES string of the molecule is CC(C)c1ccccc1S(N)(=O)=O.[KH]. The maximum atomic E-state index is 11.1. The molecule has 0 aliphatic carbocycles. The third kappa shape index (κ3) is 3.73. The van der Waals surface area contributed by atoms with E-state index in [1.807, 2.05) is 19.9 Å². The maximum absolute atomic E-state index is 11.1. The summed E-state index contributed by atoms with van der Waals surface area (Å²) in [7, 11) is -3.58. The third-order valence-electron chi connectivity index (χ3n) is 1.85. The van der Waals surface area contributed by atoms with E-state index in [9.17, 15) is 8.42 Å². The van der Waals surface area contributed by atoms with E-state index in [1.54, 1.807) is 12.1 Å². The third-order valence-corrected chi connectivity index (χ3v) is 2.83. The van der Waals surface area contributed by atoms with Crippen LogP contribution in [0, 0.1) is 0 Å². The van der Waals surface area contributed by atoms with E-state index in [0.717, 1.165) is 5.56 Å². The number of hydrogen-bond acceptors (Lipinski definition) is 2. The van der Waals surface area contributed by atoms with Crippen molar-refractivity contribution >= 4 is 61.4 Å². The standard InChI is InChI=1S/C9H13NO2S.K.H/c1-7(2)8-5-3-4-6-9(8)13(10,11)12;;/h3-7H,1-2H3,(H2,10,11,12);;. The zero-order chi connectivity index (χ0) is 10.1. The van der Waals surface area contributed by atoms with Crippen molar-refractivity contribution in [2.24, 2.45) is 5.14 Å². The molecule has 0 amide bonds. The summed E-state index contributed by atoms with van der Waals surface area (Å²) >= 11 is 0. The van der Waals surface area contributed by atoms with Gasteiger partial charge >= 0.3 is 51.4 Å². The van der Waals surface area contributed by atoms with E-state index in [0.29, 0.717) is 0 Å². The van der Waals surface area contributed by atoms with Gasteiger partial charge in [-0.05, 0) is 17.5 Å². The molecule has 0 bridgehead atoms. The fraction of sp³-hybridized carbons (Fsp3) is 0.333. The monoisotopic (exact) mass is 239 g/mol. The van der Waals surface area contributed by atoms with Crippen LogP contribution in [0.15, 0.2) is 29.2 Å². The van der Waals surface area contributed by atoms with Crippen molar-refractivity contribution < 1.29 is 8.42 Å². The fourth-order valence-electron chi connectivity index (χ4n) is 1.22. The zero-order valence-corrected chi connectivity index (χ0v) is 8.51. The molecule has 0 fully saturated rings. The predicted octanol–water partition coefficient (Wildman–Crippen LogP) is 0.809. The molecule has 0 saturated heterocycles. The molecule has 14 heavy (non-hydrogen) atoms. The first-order valence-corrected chi connectivity index (χ1v) is 5.59. The van der Waals surface area contributed by atoms with Gasteiger partial charge in [0.2, 0.25) is 10.0 Å². The Balaban J connectivity index is 0.00000169. The Bertz CT molecular complexity index is 401. The van der Waals surface area contributed by atoms with Crippen LogP contribution >= 0.6 is 0 Å². The van der Waals surface area contributed by atoms with E-state index in [-0.39, 0.29) is 62.2 Å². The van der Waals surface area contributed by atoms with Crippen LogP contribution < -0.4 is 5.14 Å². The van der Waals surface area contributed by atoms with Gasteiger partial charge < -0.3 is 0 Å². The second kappa shape index (κ2) is 5.74. The Morgan fingerprint density at radius 1 is 1.21 bits per heavy atom. The Kier molecular flexibility index (Phi) is 6.06. The molecule has 3 nitrogen and oxygen atoms in total. The molecular weight excluding hydrogens is 225 g/mol. The molecule has 0 radical (unpaired) electrons. The molecule has 0 aliphatic heterocycles. The predicted molar refractivity (Wildman–Crippen MR) is 59.1 cm³/mol. The van der Waals surface area contributed by atoms with Crippen molar-refractivity contribution in [2.45, 2.75) is 24.7 Å². The van der Waals surface area contributed by atoms with E-state index in [1.165, 1.54) is 6.07 Å². The molecule has 0 unspecified atom stereocenters. The number of rotatable bonds is 2. The topological polar surface area (TPSA) is 60.2 Å². The van der Waals surface area contributed by atoms with Gasteiger partial charge in [0.1, 0.15) is 0 Å². The van der Waals surface area contributed by atoms with Crippen molar-refractivity contribution in [1.82, 2.24) is 0 Å². The minimum absolute atomic E-state index is 0. The first kappa shape index (κ1) is 14.8. The second-order valence-electron chi connectivity index (χ2n) is 3.24. The van der Waals surface area contributed by atoms with Gasteiger partial charge in [0.05, 0.1) is 4.90 Å². The minimum atomic E-state index is -3.58. The summed E-state index contributed by atoms with van der Waals surface area (Å²) in [6.07, 6.45) is 0. The van der Waals surface area contributed by atoms with Crippen LogP contribution in [0.3, 0.4) is 0 Å². The van der Waals surface area contributed by atoms with E-state index in [2.05, 4.69) is 0 Å². The van der Waals surface area contributed by atoms with Gasteiger partial charge in [-0.15, -0.1) is 0 Å². The molecule has 0 aromatic heterocycles. The quantitative estimate of drug-likeness (QED) is 0.776. The molecule has 1 aromatic carbocycles. The summed E-state index contributed by atoms with van der Waals surface area (Å²) in [4.78, 5) is 0.227. The van der Waals surface area contributed by atoms with Crippen molar-refractivity contribution in [2.75, 3.05) is 0 Å². The first-order valence-electron chi connectivity index (χ1n) is 4.04. The summed E-state index contributed by atoms with van der Waals surface area (Å²) in [5.41, 5.74) is 0.769. The molecule has 1 aromatic rings. The zero-order valence-electron chi connectivity index (χ0n) is 7.69. The van der Waals surface area contributed by atoms with E-state index >= 15 is 0 Å². The Morgan fingerprint density at radius 3 is 2.07 bits per heavy atom. The van der Waals surface area contributed by atoms with Crippen LogP contribution in [0.4, 0.5) is 0 Å². The molecule has 0 saturated carbocycles. The van der Waals surface area contributed by atoms with Gasteiger partial charge in [-0.1, -0.05) is 32.0 Å². The summed E-state index contributed by atoms with van der Waals surface area (Å²) in [6.45, 7) is 3.87. The van der Waals surface area contributed by atoms with Crippen molar-refractivity contribution in [3.05, 3.63) is 29.8 Å². The van der Waals surface area contributed by atoms with Gasteiger partial charge in [-0.25, -0.2) is 13.6 Å². The summed E-state index contributed by atoms with van der Waals surface area (Å²) < 4.78 is 22.3. The summed E-state index contributed by atoms with van der Waals surface area (Å²) in [5.74, 6) is 0.162. The second-order valence-corrected chi connectivity index (χ2v) is 4.77. The van der Waals surface area contributed by atoms with E-state index < -0.39 is 10.0 Å². The molecule has 1 rings (SSSR count). The number of nitrogens with two attached hydrogens (primary N) is 1. The van der Waals surface area contributed by atoms with Crippen LogP contribution in [-0.4, -0.2) is 59.8 Å². The number of primary sulfonamides is 1. The fourth-order valence-corrected chi connectivity index (χ4v) is 2.12. The van der Waals surface area contributed by atoms with Crippen molar-refractivity contribution in [3.63, 3.8) is 0 Å². The van der Waals surface area contributed by atoms with Crippen LogP contribution in [0.2, 0.25) is 0 Å². The molecule has 0 heterocycles. The Morgan fingerprint density at radius 2 is 1.71 bits per heavy atom. The van der Waals surface area contributed by atoms with Crippen LogP contribution in [0.1, 0.15) is 25.3 Å². The van der Waals surface area contributed by atoms with Gasteiger partial charge in [0, 0.05) is 0 Å². The molecule has 2 N–H and O–H groups in total. The summed E-state index contributed by atoms with van der Waals surface area (Å²) in [5, 5.41) is 5.07. The van der Waals surface area contributed by atoms with Gasteiger partial charge in [-0.3, -0.25) is 0 Å². The molecule has 0 spiro atoms. The van der Waals surface area contributed by atoms with Gasteiger partial charge in [0.25, 0.3) is 0 Å². The van der Waals surface area contributed by atoms with Crippen LogP contribution in [0.5, 0.6) is 0 Å². The summed E-state index contributed by atoms with van der Waals surface area (Å²) in [6, 6.07) is 6.80. The van der Waals surface area contributed by atoms with Crippen LogP contribution in [0.25, 0.3) is 0 Å². The van der Waals surface area contributed by atoms with Crippen molar-refractivity contribution in [3.8, 4) is 0 Å². The van der Waals surface area contributed by atoms with E-state index in [4.69, 9.17) is 5.14 Å². The molecule has 0 aliphatic rings. The number of sulfonamides is 1. The molecule has 5 heteroatoms.